The SMILES string of the molecule is CCC(C)C(O)CNC(=O)c1sc(Cc2ccccc2)nc1C. The van der Waals surface area contributed by atoms with E-state index < -0.39 is 6.10 Å². The Kier molecular flexibility index (Phi) is 6.30. The van der Waals surface area contributed by atoms with E-state index in [4.69, 9.17) is 0 Å². The minimum Gasteiger partial charge on any atom is -0.391 e. The van der Waals surface area contributed by atoms with Gasteiger partial charge in [-0.2, -0.15) is 0 Å². The summed E-state index contributed by atoms with van der Waals surface area (Å²) in [5.74, 6) is 0.0214. The van der Waals surface area contributed by atoms with Crippen molar-refractivity contribution in [3.05, 3.63) is 51.5 Å². The summed E-state index contributed by atoms with van der Waals surface area (Å²) in [6.07, 6.45) is 1.11. The number of carbonyl (C=O) groups is 1. The molecule has 4 nitrogen and oxygen atoms in total. The highest BCUT2D eigenvalue weighted by atomic mass is 32.1. The Morgan fingerprint density at radius 2 is 2.04 bits per heavy atom. The van der Waals surface area contributed by atoms with Gasteiger partial charge >= 0.3 is 0 Å². The summed E-state index contributed by atoms with van der Waals surface area (Å²) in [6, 6.07) is 10.1. The number of amides is 1. The van der Waals surface area contributed by atoms with E-state index >= 15 is 0 Å². The highest BCUT2D eigenvalue weighted by Crippen LogP contribution is 2.21. The molecule has 1 amide bonds. The molecule has 0 aliphatic carbocycles. The largest absolute Gasteiger partial charge is 0.391 e. The van der Waals surface area contributed by atoms with E-state index in [0.717, 1.165) is 23.5 Å². The van der Waals surface area contributed by atoms with Crippen LogP contribution in [0, 0.1) is 12.8 Å². The topological polar surface area (TPSA) is 62.2 Å². The lowest BCUT2D eigenvalue weighted by Crippen LogP contribution is -2.35. The number of aryl methyl sites for hydroxylation is 1. The standard InChI is InChI=1S/C18H24N2O2S/c1-4-12(2)15(21)11-19-18(22)17-13(3)20-16(23-17)10-14-8-6-5-7-9-14/h5-9,12,15,21H,4,10-11H2,1-3H3,(H,19,22). The molecule has 5 heteroatoms. The molecule has 23 heavy (non-hydrogen) atoms. The average Bonchev–Trinajstić information content (AvgIpc) is 2.92. The Morgan fingerprint density at radius 3 is 2.70 bits per heavy atom. The molecule has 1 heterocycles. The van der Waals surface area contributed by atoms with E-state index in [1.54, 1.807) is 0 Å². The summed E-state index contributed by atoms with van der Waals surface area (Å²) >= 11 is 1.42. The molecule has 2 atom stereocenters. The number of aromatic nitrogens is 1. The molecule has 124 valence electrons. The fourth-order valence-electron chi connectivity index (χ4n) is 2.26. The predicted molar refractivity (Wildman–Crippen MR) is 93.9 cm³/mol. The Morgan fingerprint density at radius 1 is 1.35 bits per heavy atom. The Balaban J connectivity index is 1.98. The van der Waals surface area contributed by atoms with E-state index in [1.165, 1.54) is 16.9 Å². The van der Waals surface area contributed by atoms with Crippen LogP contribution in [0.1, 0.15) is 46.2 Å². The maximum atomic E-state index is 12.3. The van der Waals surface area contributed by atoms with Gasteiger partial charge in [0.15, 0.2) is 0 Å². The first-order chi connectivity index (χ1) is 11.0. The van der Waals surface area contributed by atoms with Crippen molar-refractivity contribution in [1.29, 1.82) is 0 Å². The smallest absolute Gasteiger partial charge is 0.263 e. The number of aliphatic hydroxyl groups excluding tert-OH is 1. The maximum Gasteiger partial charge on any atom is 0.263 e. The van der Waals surface area contributed by atoms with Crippen molar-refractivity contribution < 1.29 is 9.90 Å². The number of rotatable bonds is 7. The van der Waals surface area contributed by atoms with Gasteiger partial charge in [-0.15, -0.1) is 11.3 Å². The lowest BCUT2D eigenvalue weighted by molar-refractivity contribution is 0.0853. The molecule has 2 rings (SSSR count). The third-order valence-corrected chi connectivity index (χ3v) is 5.17. The summed E-state index contributed by atoms with van der Waals surface area (Å²) in [6.45, 7) is 6.13. The average molecular weight is 332 g/mol. The van der Waals surface area contributed by atoms with Gasteiger partial charge in [0.25, 0.3) is 5.91 Å². The van der Waals surface area contributed by atoms with Gasteiger partial charge in [0.1, 0.15) is 4.88 Å². The fourth-order valence-corrected chi connectivity index (χ4v) is 3.28. The Labute approximate surface area is 141 Å². The van der Waals surface area contributed by atoms with Crippen LogP contribution in [-0.4, -0.2) is 28.6 Å². The second kappa shape index (κ2) is 8.22. The molecule has 2 aromatic rings. The number of nitrogens with one attached hydrogen (secondary N) is 1. The summed E-state index contributed by atoms with van der Waals surface area (Å²) < 4.78 is 0. The second-order valence-electron chi connectivity index (χ2n) is 5.85. The number of thiazole rings is 1. The quantitative estimate of drug-likeness (QED) is 0.818. The zero-order chi connectivity index (χ0) is 16.8. The van der Waals surface area contributed by atoms with Crippen LogP contribution in [0.2, 0.25) is 0 Å². The third-order valence-electron chi connectivity index (χ3n) is 4.02. The van der Waals surface area contributed by atoms with Crippen molar-refractivity contribution in [2.24, 2.45) is 5.92 Å². The van der Waals surface area contributed by atoms with Gasteiger partial charge in [0.05, 0.1) is 16.8 Å². The number of aliphatic hydroxyl groups is 1. The van der Waals surface area contributed by atoms with Crippen LogP contribution >= 0.6 is 11.3 Å². The molecule has 0 radical (unpaired) electrons. The summed E-state index contributed by atoms with van der Waals surface area (Å²) in [7, 11) is 0. The van der Waals surface area contributed by atoms with Crippen molar-refractivity contribution >= 4 is 17.2 Å². The van der Waals surface area contributed by atoms with E-state index in [1.807, 2.05) is 39.0 Å². The van der Waals surface area contributed by atoms with Crippen molar-refractivity contribution in [3.8, 4) is 0 Å². The van der Waals surface area contributed by atoms with Crippen LogP contribution in [0.3, 0.4) is 0 Å². The zero-order valence-corrected chi connectivity index (χ0v) is 14.7. The second-order valence-corrected chi connectivity index (χ2v) is 6.93. The molecule has 0 spiro atoms. The van der Waals surface area contributed by atoms with Gasteiger partial charge in [0.2, 0.25) is 0 Å². The molecule has 0 saturated heterocycles. The highest BCUT2D eigenvalue weighted by Gasteiger charge is 2.18. The summed E-state index contributed by atoms with van der Waals surface area (Å²) in [4.78, 5) is 17.4. The van der Waals surface area contributed by atoms with Crippen LogP contribution in [-0.2, 0) is 6.42 Å². The molecular formula is C18H24N2O2S. The van der Waals surface area contributed by atoms with Crippen LogP contribution in [0.25, 0.3) is 0 Å². The molecule has 2 unspecified atom stereocenters. The molecule has 0 aliphatic rings. The number of hydrogen-bond acceptors (Lipinski definition) is 4. The Hall–Kier alpha value is -1.72. The van der Waals surface area contributed by atoms with Gasteiger partial charge in [0, 0.05) is 13.0 Å². The zero-order valence-electron chi connectivity index (χ0n) is 13.9. The molecule has 2 N–H and O–H groups in total. The van der Waals surface area contributed by atoms with Crippen molar-refractivity contribution in [1.82, 2.24) is 10.3 Å². The third kappa shape index (κ3) is 4.88. The van der Waals surface area contributed by atoms with E-state index in [9.17, 15) is 9.90 Å². The summed E-state index contributed by atoms with van der Waals surface area (Å²) in [5, 5.41) is 13.7. The summed E-state index contributed by atoms with van der Waals surface area (Å²) in [5.41, 5.74) is 1.93. The van der Waals surface area contributed by atoms with E-state index in [0.29, 0.717) is 4.88 Å². The molecule has 0 bridgehead atoms. The van der Waals surface area contributed by atoms with Gasteiger partial charge in [-0.3, -0.25) is 4.79 Å². The van der Waals surface area contributed by atoms with Crippen LogP contribution in [0.15, 0.2) is 30.3 Å². The van der Waals surface area contributed by atoms with Crippen LogP contribution in [0.4, 0.5) is 0 Å². The normalized spacial score (nSPS) is 13.6. The van der Waals surface area contributed by atoms with Crippen molar-refractivity contribution in [2.75, 3.05) is 6.54 Å². The number of carbonyl (C=O) groups excluding carboxylic acids is 1. The van der Waals surface area contributed by atoms with Crippen LogP contribution < -0.4 is 5.32 Å². The van der Waals surface area contributed by atoms with E-state index in [2.05, 4.69) is 22.4 Å². The lowest BCUT2D eigenvalue weighted by Gasteiger charge is -2.17. The molecule has 0 saturated carbocycles. The molecule has 0 aliphatic heterocycles. The molecule has 1 aromatic carbocycles. The highest BCUT2D eigenvalue weighted by molar-refractivity contribution is 7.13. The number of nitrogens with zero attached hydrogens (tertiary/aromatic N) is 1. The lowest BCUT2D eigenvalue weighted by atomic mass is 10.0. The van der Waals surface area contributed by atoms with Gasteiger partial charge < -0.3 is 10.4 Å². The first-order valence-corrected chi connectivity index (χ1v) is 8.79. The monoisotopic (exact) mass is 332 g/mol. The first kappa shape index (κ1) is 17.6. The van der Waals surface area contributed by atoms with Crippen molar-refractivity contribution in [2.45, 2.75) is 39.7 Å². The minimum atomic E-state index is -0.513. The minimum absolute atomic E-state index is 0.151. The Bertz CT molecular complexity index is 640. The predicted octanol–water partition coefficient (Wildman–Crippen LogP) is 3.18. The number of hydrogen-bond donors (Lipinski definition) is 2. The molecular weight excluding hydrogens is 308 g/mol. The number of benzene rings is 1. The van der Waals surface area contributed by atoms with Gasteiger partial charge in [-0.1, -0.05) is 50.6 Å². The van der Waals surface area contributed by atoms with Gasteiger partial charge in [-0.25, -0.2) is 4.98 Å². The van der Waals surface area contributed by atoms with E-state index in [-0.39, 0.29) is 18.4 Å². The fraction of sp³-hybridized carbons (Fsp3) is 0.444. The van der Waals surface area contributed by atoms with Gasteiger partial charge in [-0.05, 0) is 18.4 Å². The van der Waals surface area contributed by atoms with Crippen molar-refractivity contribution in [3.63, 3.8) is 0 Å². The first-order valence-electron chi connectivity index (χ1n) is 7.97. The maximum absolute atomic E-state index is 12.3. The molecule has 0 fully saturated rings. The van der Waals surface area contributed by atoms with Crippen LogP contribution in [0.5, 0.6) is 0 Å². The molecule has 1 aromatic heterocycles.